The van der Waals surface area contributed by atoms with Gasteiger partial charge in [0.25, 0.3) is 5.91 Å². The number of nitrogens with zero attached hydrogens (tertiary/aromatic N) is 3. The van der Waals surface area contributed by atoms with Gasteiger partial charge in [0, 0.05) is 56.2 Å². The smallest absolute Gasteiger partial charge is 0.254 e. The van der Waals surface area contributed by atoms with E-state index in [-0.39, 0.29) is 5.91 Å². The maximum absolute atomic E-state index is 12.9. The van der Waals surface area contributed by atoms with Gasteiger partial charge in [0.1, 0.15) is 12.4 Å². The number of rotatable bonds is 6. The summed E-state index contributed by atoms with van der Waals surface area (Å²) >= 11 is 0. The third-order valence-corrected chi connectivity index (χ3v) is 5.12. The minimum atomic E-state index is 0.0659. The monoisotopic (exact) mass is 387 g/mol. The highest BCUT2D eigenvalue weighted by Gasteiger charge is 2.22. The Morgan fingerprint density at radius 3 is 2.45 bits per heavy atom. The zero-order chi connectivity index (χ0) is 19.9. The highest BCUT2D eigenvalue weighted by atomic mass is 16.5. The van der Waals surface area contributed by atoms with Crippen LogP contribution in [0.25, 0.3) is 0 Å². The normalized spacial score (nSPS) is 14.6. The SMILES string of the molecule is O=C(c1cccc(OCc2cccnc2)c1)N1CCN(Cc2ccccc2)CC1. The number of carbonyl (C=O) groups is 1. The molecule has 2 heterocycles. The van der Waals surface area contributed by atoms with Crippen LogP contribution in [0.15, 0.2) is 79.1 Å². The van der Waals surface area contributed by atoms with Crippen LogP contribution in [0.1, 0.15) is 21.5 Å². The second-order valence-corrected chi connectivity index (χ2v) is 7.23. The molecule has 0 N–H and O–H groups in total. The van der Waals surface area contributed by atoms with E-state index in [1.54, 1.807) is 12.4 Å². The predicted octanol–water partition coefficient (Wildman–Crippen LogP) is 3.62. The van der Waals surface area contributed by atoms with E-state index in [1.165, 1.54) is 5.56 Å². The van der Waals surface area contributed by atoms with Crippen molar-refractivity contribution in [1.29, 1.82) is 0 Å². The van der Waals surface area contributed by atoms with Crippen molar-refractivity contribution in [3.05, 3.63) is 95.8 Å². The molecule has 0 atom stereocenters. The lowest BCUT2D eigenvalue weighted by molar-refractivity contribution is 0.0628. The summed E-state index contributed by atoms with van der Waals surface area (Å²) in [5.74, 6) is 0.763. The molecule has 0 bridgehead atoms. The molecule has 1 saturated heterocycles. The lowest BCUT2D eigenvalue weighted by Crippen LogP contribution is -2.48. The first-order chi connectivity index (χ1) is 14.3. The van der Waals surface area contributed by atoms with E-state index in [2.05, 4.69) is 34.1 Å². The van der Waals surface area contributed by atoms with Gasteiger partial charge >= 0.3 is 0 Å². The Bertz CT molecular complexity index is 923. The van der Waals surface area contributed by atoms with Crippen molar-refractivity contribution >= 4 is 5.91 Å². The molecule has 5 heteroatoms. The van der Waals surface area contributed by atoms with Crippen LogP contribution in [0.4, 0.5) is 0 Å². The van der Waals surface area contributed by atoms with Gasteiger partial charge in [-0.25, -0.2) is 0 Å². The fourth-order valence-corrected chi connectivity index (χ4v) is 3.50. The van der Waals surface area contributed by atoms with E-state index in [9.17, 15) is 4.79 Å². The van der Waals surface area contributed by atoms with Crippen LogP contribution < -0.4 is 4.74 Å². The van der Waals surface area contributed by atoms with E-state index >= 15 is 0 Å². The maximum atomic E-state index is 12.9. The van der Waals surface area contributed by atoms with Crippen LogP contribution in [0.5, 0.6) is 5.75 Å². The van der Waals surface area contributed by atoms with E-state index in [4.69, 9.17) is 4.74 Å². The molecule has 1 fully saturated rings. The number of hydrogen-bond acceptors (Lipinski definition) is 4. The van der Waals surface area contributed by atoms with Crippen molar-refractivity contribution in [2.45, 2.75) is 13.2 Å². The fraction of sp³-hybridized carbons (Fsp3) is 0.250. The quantitative estimate of drug-likeness (QED) is 0.648. The van der Waals surface area contributed by atoms with Crippen LogP contribution in [-0.4, -0.2) is 46.9 Å². The van der Waals surface area contributed by atoms with E-state index in [0.29, 0.717) is 17.9 Å². The lowest BCUT2D eigenvalue weighted by atomic mass is 10.1. The Balaban J connectivity index is 1.31. The van der Waals surface area contributed by atoms with Gasteiger partial charge in [0.15, 0.2) is 0 Å². The van der Waals surface area contributed by atoms with E-state index in [1.807, 2.05) is 47.4 Å². The largest absolute Gasteiger partial charge is 0.489 e. The molecule has 148 valence electrons. The summed E-state index contributed by atoms with van der Waals surface area (Å²) in [5.41, 5.74) is 2.98. The fourth-order valence-electron chi connectivity index (χ4n) is 3.50. The van der Waals surface area contributed by atoms with Crippen molar-refractivity contribution < 1.29 is 9.53 Å². The molecular formula is C24H25N3O2. The molecule has 1 aliphatic rings. The van der Waals surface area contributed by atoms with E-state index < -0.39 is 0 Å². The first-order valence-electron chi connectivity index (χ1n) is 9.95. The lowest BCUT2D eigenvalue weighted by Gasteiger charge is -2.34. The van der Waals surface area contributed by atoms with Crippen molar-refractivity contribution in [3.63, 3.8) is 0 Å². The van der Waals surface area contributed by atoms with Crippen molar-refractivity contribution in [1.82, 2.24) is 14.8 Å². The van der Waals surface area contributed by atoms with Gasteiger partial charge in [0.05, 0.1) is 0 Å². The zero-order valence-electron chi connectivity index (χ0n) is 16.4. The average Bonchev–Trinajstić information content (AvgIpc) is 2.79. The number of piperazine rings is 1. The summed E-state index contributed by atoms with van der Waals surface area (Å²) < 4.78 is 5.83. The van der Waals surface area contributed by atoms with Crippen molar-refractivity contribution in [2.24, 2.45) is 0 Å². The second-order valence-electron chi connectivity index (χ2n) is 7.23. The van der Waals surface area contributed by atoms with Gasteiger partial charge in [-0.3, -0.25) is 14.7 Å². The average molecular weight is 387 g/mol. The molecule has 0 saturated carbocycles. The molecule has 0 unspecified atom stereocenters. The van der Waals surface area contributed by atoms with E-state index in [0.717, 1.165) is 38.3 Å². The highest BCUT2D eigenvalue weighted by molar-refractivity contribution is 5.94. The summed E-state index contributed by atoms with van der Waals surface area (Å²) in [5, 5.41) is 0. The predicted molar refractivity (Wildman–Crippen MR) is 113 cm³/mol. The number of benzene rings is 2. The third kappa shape index (κ3) is 5.21. The van der Waals surface area contributed by atoms with Crippen LogP contribution >= 0.6 is 0 Å². The maximum Gasteiger partial charge on any atom is 0.254 e. The van der Waals surface area contributed by atoms with Crippen LogP contribution in [0.2, 0.25) is 0 Å². The molecule has 29 heavy (non-hydrogen) atoms. The Hall–Kier alpha value is -3.18. The summed E-state index contributed by atoms with van der Waals surface area (Å²) in [6, 6.07) is 21.8. The molecule has 0 radical (unpaired) electrons. The number of pyridine rings is 1. The molecular weight excluding hydrogens is 362 g/mol. The van der Waals surface area contributed by atoms with Crippen LogP contribution in [0.3, 0.4) is 0 Å². The van der Waals surface area contributed by atoms with Gasteiger partial charge < -0.3 is 9.64 Å². The van der Waals surface area contributed by atoms with Gasteiger partial charge in [-0.1, -0.05) is 42.5 Å². The van der Waals surface area contributed by atoms with Crippen LogP contribution in [-0.2, 0) is 13.2 Å². The van der Waals surface area contributed by atoms with Gasteiger partial charge in [-0.05, 0) is 29.8 Å². The first kappa shape index (κ1) is 19.2. The zero-order valence-corrected chi connectivity index (χ0v) is 16.4. The number of ether oxygens (including phenoxy) is 1. The molecule has 1 aliphatic heterocycles. The molecule has 0 aliphatic carbocycles. The molecule has 5 nitrogen and oxygen atoms in total. The molecule has 4 rings (SSSR count). The summed E-state index contributed by atoms with van der Waals surface area (Å²) in [7, 11) is 0. The molecule has 3 aromatic rings. The summed E-state index contributed by atoms with van der Waals surface area (Å²) in [6.45, 7) is 4.62. The Morgan fingerprint density at radius 1 is 0.897 bits per heavy atom. The number of hydrogen-bond donors (Lipinski definition) is 0. The van der Waals surface area contributed by atoms with Crippen LogP contribution in [0, 0.1) is 0 Å². The number of amides is 1. The van der Waals surface area contributed by atoms with Crippen molar-refractivity contribution in [2.75, 3.05) is 26.2 Å². The second kappa shape index (κ2) is 9.34. The number of carbonyl (C=O) groups excluding carboxylic acids is 1. The molecule has 1 amide bonds. The minimum absolute atomic E-state index is 0.0659. The highest BCUT2D eigenvalue weighted by Crippen LogP contribution is 2.18. The van der Waals surface area contributed by atoms with Gasteiger partial charge in [0.2, 0.25) is 0 Å². The molecule has 1 aromatic heterocycles. The summed E-state index contributed by atoms with van der Waals surface area (Å²) in [6.07, 6.45) is 3.52. The Kier molecular flexibility index (Phi) is 6.17. The third-order valence-electron chi connectivity index (χ3n) is 5.12. The topological polar surface area (TPSA) is 45.7 Å². The Labute approximate surface area is 171 Å². The first-order valence-corrected chi connectivity index (χ1v) is 9.95. The molecule has 2 aromatic carbocycles. The standard InChI is InChI=1S/C24H25N3O2/c28-24(27-14-12-26(13-15-27)18-20-6-2-1-3-7-20)22-9-4-10-23(16-22)29-19-21-8-5-11-25-17-21/h1-11,16-17H,12-15,18-19H2. The van der Waals surface area contributed by atoms with Gasteiger partial charge in [-0.2, -0.15) is 0 Å². The van der Waals surface area contributed by atoms with Crippen molar-refractivity contribution in [3.8, 4) is 5.75 Å². The Morgan fingerprint density at radius 2 is 1.69 bits per heavy atom. The van der Waals surface area contributed by atoms with Gasteiger partial charge in [-0.15, -0.1) is 0 Å². The molecule has 0 spiro atoms. The number of aromatic nitrogens is 1. The minimum Gasteiger partial charge on any atom is -0.489 e. The summed E-state index contributed by atoms with van der Waals surface area (Å²) in [4.78, 5) is 21.4.